The highest BCUT2D eigenvalue weighted by Crippen LogP contribution is 2.40. The van der Waals surface area contributed by atoms with Crippen LogP contribution < -0.4 is 18.9 Å². The number of rotatable bonds is 11. The first-order valence-corrected chi connectivity index (χ1v) is 13.6. The van der Waals surface area contributed by atoms with Crippen molar-refractivity contribution in [2.75, 3.05) is 27.4 Å². The van der Waals surface area contributed by atoms with Crippen molar-refractivity contribution in [3.63, 3.8) is 0 Å². The molecule has 2 saturated heterocycles. The van der Waals surface area contributed by atoms with Gasteiger partial charge in [-0.1, -0.05) is 12.1 Å². The van der Waals surface area contributed by atoms with Crippen molar-refractivity contribution in [1.82, 2.24) is 0 Å². The van der Waals surface area contributed by atoms with Gasteiger partial charge in [-0.15, -0.1) is 0 Å². The number of hydrogen-bond donors (Lipinski definition) is 9. The smallest absolute Gasteiger partial charge is 0.346 e. The molecular formula is C28H36O17. The standard InChI is InChI=1S/C28H36O17/c1-39-13-6-7-14(42-27-22(36)20(34)18(32)15(8-29)43-27)25(40-2)17(13)26(38)41-10-11-4-3-5-12(31)24(11)45-28-23(37)21(35)19(33)16(9-30)44-28/h3-7,15-16,18-23,27-37H,8-10H2,1-2H3/t15-,16-,18-,19-,20+,21+,22-,23-,27-,28+/m1/s1. The van der Waals surface area contributed by atoms with Gasteiger partial charge in [0.1, 0.15) is 66.8 Å². The van der Waals surface area contributed by atoms with E-state index in [0.29, 0.717) is 0 Å². The van der Waals surface area contributed by atoms with Gasteiger partial charge < -0.3 is 79.1 Å². The Morgan fingerprint density at radius 3 is 1.80 bits per heavy atom. The van der Waals surface area contributed by atoms with Crippen LogP contribution in [0.4, 0.5) is 0 Å². The lowest BCUT2D eigenvalue weighted by molar-refractivity contribution is -0.277. The lowest BCUT2D eigenvalue weighted by atomic mass is 9.99. The second-order valence-electron chi connectivity index (χ2n) is 10.1. The van der Waals surface area contributed by atoms with Gasteiger partial charge in [-0.2, -0.15) is 0 Å². The lowest BCUT2D eigenvalue weighted by Crippen LogP contribution is -2.60. The summed E-state index contributed by atoms with van der Waals surface area (Å²) in [6.45, 7) is -1.94. The van der Waals surface area contributed by atoms with Crippen LogP contribution in [0.5, 0.6) is 28.7 Å². The van der Waals surface area contributed by atoms with E-state index in [4.69, 9.17) is 33.2 Å². The molecule has 250 valence electrons. The fraction of sp³-hybridized carbons (Fsp3) is 0.536. The number of methoxy groups -OCH3 is 2. The molecule has 2 aromatic rings. The van der Waals surface area contributed by atoms with Crippen molar-refractivity contribution in [1.29, 1.82) is 0 Å². The monoisotopic (exact) mass is 644 g/mol. The molecule has 0 radical (unpaired) electrons. The van der Waals surface area contributed by atoms with Crippen LogP contribution in [0.1, 0.15) is 15.9 Å². The van der Waals surface area contributed by atoms with Gasteiger partial charge in [-0.05, 0) is 18.2 Å². The van der Waals surface area contributed by atoms with E-state index in [9.17, 15) is 50.8 Å². The van der Waals surface area contributed by atoms with Crippen molar-refractivity contribution in [2.45, 2.75) is 68.0 Å². The largest absolute Gasteiger partial charge is 0.504 e. The third kappa shape index (κ3) is 7.02. The van der Waals surface area contributed by atoms with Gasteiger partial charge in [0.15, 0.2) is 23.0 Å². The molecule has 2 aliphatic rings. The highest BCUT2D eigenvalue weighted by atomic mass is 16.7. The van der Waals surface area contributed by atoms with Crippen molar-refractivity contribution < 1.29 is 83.9 Å². The summed E-state index contributed by atoms with van der Waals surface area (Å²) in [5.41, 5.74) is -0.203. The number of carbonyl (C=O) groups is 1. The first-order valence-electron chi connectivity index (χ1n) is 13.6. The van der Waals surface area contributed by atoms with Gasteiger partial charge in [0, 0.05) is 5.56 Å². The fourth-order valence-electron chi connectivity index (χ4n) is 4.81. The van der Waals surface area contributed by atoms with Gasteiger partial charge in [-0.3, -0.25) is 0 Å². The topological polar surface area (TPSA) is 264 Å². The minimum atomic E-state index is -1.78. The van der Waals surface area contributed by atoms with E-state index in [2.05, 4.69) is 0 Å². The summed E-state index contributed by atoms with van der Waals surface area (Å²) in [5, 5.41) is 90.4. The van der Waals surface area contributed by atoms with Crippen LogP contribution in [0.2, 0.25) is 0 Å². The Bertz CT molecular complexity index is 1300. The number of carbonyl (C=O) groups excluding carboxylic acids is 1. The number of benzene rings is 2. The lowest BCUT2D eigenvalue weighted by Gasteiger charge is -2.39. The average molecular weight is 645 g/mol. The second-order valence-corrected chi connectivity index (χ2v) is 10.1. The Morgan fingerprint density at radius 1 is 0.711 bits per heavy atom. The molecule has 0 saturated carbocycles. The number of aliphatic hydroxyl groups is 8. The molecule has 2 aliphatic heterocycles. The Kier molecular flexibility index (Phi) is 11.3. The van der Waals surface area contributed by atoms with E-state index in [0.717, 1.165) is 0 Å². The number of para-hydroxylation sites is 1. The van der Waals surface area contributed by atoms with E-state index in [1.807, 2.05) is 0 Å². The molecule has 2 fully saturated rings. The second kappa shape index (κ2) is 14.7. The summed E-state index contributed by atoms with van der Waals surface area (Å²) in [6, 6.07) is 6.70. The predicted molar refractivity (Wildman–Crippen MR) is 146 cm³/mol. The number of hydrogen-bond acceptors (Lipinski definition) is 17. The van der Waals surface area contributed by atoms with Crippen LogP contribution in [-0.2, 0) is 20.8 Å². The van der Waals surface area contributed by atoms with Crippen molar-refractivity contribution in [3.05, 3.63) is 41.5 Å². The molecule has 45 heavy (non-hydrogen) atoms. The highest BCUT2D eigenvalue weighted by Gasteiger charge is 2.46. The van der Waals surface area contributed by atoms with Gasteiger partial charge in [0.05, 0.1) is 27.4 Å². The zero-order valence-corrected chi connectivity index (χ0v) is 24.1. The molecule has 0 spiro atoms. The number of esters is 1. The normalized spacial score (nSPS) is 31.6. The zero-order chi connectivity index (χ0) is 33.0. The molecule has 17 heteroatoms. The predicted octanol–water partition coefficient (Wildman–Crippen LogP) is -2.88. The maximum atomic E-state index is 13.4. The molecule has 10 atom stereocenters. The van der Waals surface area contributed by atoms with E-state index in [1.165, 1.54) is 44.6 Å². The number of aromatic hydroxyl groups is 1. The molecule has 0 aromatic heterocycles. The highest BCUT2D eigenvalue weighted by molar-refractivity contribution is 5.96. The number of phenols is 1. The molecule has 0 amide bonds. The summed E-state index contributed by atoms with van der Waals surface area (Å²) < 4.78 is 38.1. The van der Waals surface area contributed by atoms with Crippen LogP contribution in [-0.4, -0.2) is 141 Å². The Morgan fingerprint density at radius 2 is 1.27 bits per heavy atom. The van der Waals surface area contributed by atoms with E-state index in [-0.39, 0.29) is 34.1 Å². The van der Waals surface area contributed by atoms with Gasteiger partial charge in [-0.25, -0.2) is 4.79 Å². The summed E-state index contributed by atoms with van der Waals surface area (Å²) >= 11 is 0. The van der Waals surface area contributed by atoms with E-state index >= 15 is 0 Å². The molecule has 0 aliphatic carbocycles. The van der Waals surface area contributed by atoms with Gasteiger partial charge >= 0.3 is 5.97 Å². The Labute approximate surface area is 255 Å². The SMILES string of the molecule is COc1ccc(O[C@@H]2O[C@H](CO)[C@@H](O)[C@H](O)[C@H]2O)c(OC)c1C(=O)OCc1cccc(O)c1O[C@@H]1O[C@H](CO)[C@@H](O)[C@H](O)[C@H]1O. The molecule has 2 heterocycles. The average Bonchev–Trinajstić information content (AvgIpc) is 3.04. The Balaban J connectivity index is 1.56. The van der Waals surface area contributed by atoms with Crippen LogP contribution in [0.25, 0.3) is 0 Å². The molecule has 9 N–H and O–H groups in total. The number of ether oxygens (including phenoxy) is 7. The van der Waals surface area contributed by atoms with Crippen LogP contribution >= 0.6 is 0 Å². The van der Waals surface area contributed by atoms with Crippen molar-refractivity contribution >= 4 is 5.97 Å². The third-order valence-electron chi connectivity index (χ3n) is 7.32. The van der Waals surface area contributed by atoms with E-state index < -0.39 is 93.0 Å². The van der Waals surface area contributed by atoms with E-state index in [1.54, 1.807) is 0 Å². The van der Waals surface area contributed by atoms with Gasteiger partial charge in [0.2, 0.25) is 12.6 Å². The van der Waals surface area contributed by atoms with Crippen LogP contribution in [0.15, 0.2) is 30.3 Å². The van der Waals surface area contributed by atoms with Crippen LogP contribution in [0, 0.1) is 0 Å². The number of phenolic OH excluding ortho intramolecular Hbond substituents is 1. The third-order valence-corrected chi connectivity index (χ3v) is 7.32. The zero-order valence-electron chi connectivity index (χ0n) is 24.1. The molecule has 17 nitrogen and oxygen atoms in total. The van der Waals surface area contributed by atoms with Crippen molar-refractivity contribution in [3.8, 4) is 28.7 Å². The minimum absolute atomic E-state index is 0.0216. The quantitative estimate of drug-likeness (QED) is 0.111. The molecular weight excluding hydrogens is 608 g/mol. The maximum Gasteiger partial charge on any atom is 0.346 e. The fourth-order valence-corrected chi connectivity index (χ4v) is 4.81. The molecule has 4 rings (SSSR count). The summed E-state index contributed by atoms with van der Waals surface area (Å²) in [6.07, 6.45) is -16.0. The maximum absolute atomic E-state index is 13.4. The first-order chi connectivity index (χ1) is 21.5. The van der Waals surface area contributed by atoms with Crippen molar-refractivity contribution in [2.24, 2.45) is 0 Å². The van der Waals surface area contributed by atoms with Crippen LogP contribution in [0.3, 0.4) is 0 Å². The molecule has 2 aromatic carbocycles. The van der Waals surface area contributed by atoms with Gasteiger partial charge in [0.25, 0.3) is 0 Å². The summed E-state index contributed by atoms with van der Waals surface area (Å²) in [5.74, 6) is -2.20. The Hall–Kier alpha value is -3.49. The molecule has 0 unspecified atom stereocenters. The summed E-state index contributed by atoms with van der Waals surface area (Å²) in [7, 11) is 2.47. The minimum Gasteiger partial charge on any atom is -0.504 e. The molecule has 0 bridgehead atoms. The first kappa shape index (κ1) is 34.4. The number of aliphatic hydroxyl groups excluding tert-OH is 8. The summed E-state index contributed by atoms with van der Waals surface area (Å²) in [4.78, 5) is 13.4.